The first kappa shape index (κ1) is 17.3. The molecule has 0 aliphatic carbocycles. The first-order valence-corrected chi connectivity index (χ1v) is 6.80. The third kappa shape index (κ3) is 5.32. The molecule has 0 spiro atoms. The lowest BCUT2D eigenvalue weighted by molar-refractivity contribution is 0.184. The lowest BCUT2D eigenvalue weighted by atomic mass is 10.2. The van der Waals surface area contributed by atoms with Gasteiger partial charge in [0.05, 0.1) is 11.5 Å². The van der Waals surface area contributed by atoms with Crippen LogP contribution in [0.3, 0.4) is 0 Å². The van der Waals surface area contributed by atoms with Crippen LogP contribution in [0.4, 0.5) is 0 Å². The molecule has 1 rings (SSSR count). The van der Waals surface area contributed by atoms with Gasteiger partial charge in [0, 0.05) is 20.2 Å². The van der Waals surface area contributed by atoms with Gasteiger partial charge in [0.15, 0.2) is 0 Å². The van der Waals surface area contributed by atoms with Crippen LogP contribution in [0, 0.1) is 0 Å². The van der Waals surface area contributed by atoms with E-state index in [1.165, 1.54) is 0 Å². The summed E-state index contributed by atoms with van der Waals surface area (Å²) in [4.78, 5) is 0.267. The van der Waals surface area contributed by atoms with Gasteiger partial charge in [-0.3, -0.25) is 0 Å². The summed E-state index contributed by atoms with van der Waals surface area (Å²) in [5.41, 5.74) is 0.837. The molecule has 0 radical (unpaired) electrons. The van der Waals surface area contributed by atoms with Crippen molar-refractivity contribution in [3.63, 3.8) is 0 Å². The summed E-state index contributed by atoms with van der Waals surface area (Å²) >= 11 is 0. The highest BCUT2D eigenvalue weighted by Crippen LogP contribution is 2.11. The molecule has 0 bridgehead atoms. The first-order valence-electron chi connectivity index (χ1n) is 5.32. The summed E-state index contributed by atoms with van der Waals surface area (Å²) in [6, 6.07) is 6.73. The van der Waals surface area contributed by atoms with Crippen LogP contribution in [0.2, 0.25) is 0 Å². The van der Waals surface area contributed by atoms with Gasteiger partial charge in [0.2, 0.25) is 10.0 Å². The zero-order chi connectivity index (χ0) is 12.7. The van der Waals surface area contributed by atoms with Crippen molar-refractivity contribution >= 4 is 22.4 Å². The van der Waals surface area contributed by atoms with Crippen molar-refractivity contribution in [1.29, 1.82) is 0 Å². The van der Waals surface area contributed by atoms with Gasteiger partial charge < -0.3 is 10.1 Å². The highest BCUT2D eigenvalue weighted by atomic mass is 35.5. The molecular formula is C11H19ClN2O3S. The van der Waals surface area contributed by atoms with E-state index in [1.807, 2.05) is 6.07 Å². The summed E-state index contributed by atoms with van der Waals surface area (Å²) in [6.07, 6.45) is 0. The molecule has 2 N–H and O–H groups in total. The maximum Gasteiger partial charge on any atom is 0.240 e. The number of likely N-dealkylation sites (N-methyl/N-ethyl adjacent to an activating group) is 1. The van der Waals surface area contributed by atoms with Gasteiger partial charge in [0.25, 0.3) is 0 Å². The number of sulfonamides is 1. The summed E-state index contributed by atoms with van der Waals surface area (Å²) in [7, 11) is -0.0718. The van der Waals surface area contributed by atoms with Crippen molar-refractivity contribution < 1.29 is 13.2 Å². The fourth-order valence-corrected chi connectivity index (χ4v) is 2.46. The van der Waals surface area contributed by atoms with E-state index in [4.69, 9.17) is 4.74 Å². The summed E-state index contributed by atoms with van der Waals surface area (Å²) in [5.74, 6) is 0. The number of benzene rings is 1. The average Bonchev–Trinajstić information content (AvgIpc) is 2.30. The quantitative estimate of drug-likeness (QED) is 0.729. The van der Waals surface area contributed by atoms with Gasteiger partial charge in [-0.1, -0.05) is 12.1 Å². The highest BCUT2D eigenvalue weighted by Gasteiger charge is 2.13. The van der Waals surface area contributed by atoms with E-state index in [1.54, 1.807) is 32.4 Å². The number of nitrogens with one attached hydrogen (secondary N) is 2. The van der Waals surface area contributed by atoms with E-state index in [-0.39, 0.29) is 17.3 Å². The Kier molecular flexibility index (Phi) is 8.13. The molecule has 0 heterocycles. The fourth-order valence-electron chi connectivity index (χ4n) is 1.36. The molecule has 0 aliphatic rings. The second-order valence-corrected chi connectivity index (χ2v) is 5.35. The standard InChI is InChI=1S/C11H18N2O3S.ClH/c1-12-6-7-13-17(14,15)11-5-3-4-10(8-11)9-16-2;/h3-5,8,12-13H,6-7,9H2,1-2H3;1H. The number of hydrogen-bond donors (Lipinski definition) is 2. The minimum absolute atomic E-state index is 0. The topological polar surface area (TPSA) is 67.4 Å². The Morgan fingerprint density at radius 1 is 1.28 bits per heavy atom. The number of methoxy groups -OCH3 is 1. The number of halogens is 1. The van der Waals surface area contributed by atoms with E-state index < -0.39 is 10.0 Å². The maximum absolute atomic E-state index is 11.9. The zero-order valence-corrected chi connectivity index (χ0v) is 12.1. The monoisotopic (exact) mass is 294 g/mol. The van der Waals surface area contributed by atoms with Crippen molar-refractivity contribution in [2.24, 2.45) is 0 Å². The second-order valence-electron chi connectivity index (χ2n) is 3.58. The van der Waals surface area contributed by atoms with Crippen LogP contribution in [0.25, 0.3) is 0 Å². The summed E-state index contributed by atoms with van der Waals surface area (Å²) in [5, 5.41) is 2.88. The van der Waals surface area contributed by atoms with Gasteiger partial charge in [-0.05, 0) is 24.7 Å². The van der Waals surface area contributed by atoms with Crippen LogP contribution in [0.5, 0.6) is 0 Å². The van der Waals surface area contributed by atoms with E-state index in [0.717, 1.165) is 5.56 Å². The molecule has 0 fully saturated rings. The van der Waals surface area contributed by atoms with Crippen LogP contribution in [0.15, 0.2) is 29.2 Å². The number of hydrogen-bond acceptors (Lipinski definition) is 4. The molecule has 0 unspecified atom stereocenters. The van der Waals surface area contributed by atoms with Crippen molar-refractivity contribution in [2.75, 3.05) is 27.2 Å². The van der Waals surface area contributed by atoms with Crippen LogP contribution in [0.1, 0.15) is 5.56 Å². The Bertz CT molecular complexity index is 451. The minimum atomic E-state index is -3.42. The summed E-state index contributed by atoms with van der Waals surface area (Å²) < 4.78 is 31.3. The molecular weight excluding hydrogens is 276 g/mol. The Morgan fingerprint density at radius 2 is 2.00 bits per heavy atom. The Morgan fingerprint density at radius 3 is 2.61 bits per heavy atom. The average molecular weight is 295 g/mol. The molecule has 0 aromatic heterocycles. The van der Waals surface area contributed by atoms with Crippen LogP contribution in [-0.4, -0.2) is 35.7 Å². The van der Waals surface area contributed by atoms with Crippen LogP contribution < -0.4 is 10.0 Å². The zero-order valence-electron chi connectivity index (χ0n) is 10.5. The minimum Gasteiger partial charge on any atom is -0.380 e. The van der Waals surface area contributed by atoms with Gasteiger partial charge in [-0.15, -0.1) is 12.4 Å². The third-order valence-electron chi connectivity index (χ3n) is 2.19. The van der Waals surface area contributed by atoms with Gasteiger partial charge in [0.1, 0.15) is 0 Å². The molecule has 0 amide bonds. The lowest BCUT2D eigenvalue weighted by Crippen LogP contribution is -2.30. The molecule has 0 atom stereocenters. The molecule has 18 heavy (non-hydrogen) atoms. The molecule has 5 nitrogen and oxygen atoms in total. The highest BCUT2D eigenvalue weighted by molar-refractivity contribution is 7.89. The maximum atomic E-state index is 11.9. The van der Waals surface area contributed by atoms with Crippen LogP contribution >= 0.6 is 12.4 Å². The molecule has 0 aliphatic heterocycles. The van der Waals surface area contributed by atoms with Gasteiger partial charge in [-0.25, -0.2) is 13.1 Å². The Balaban J connectivity index is 0.00000289. The van der Waals surface area contributed by atoms with Crippen LogP contribution in [-0.2, 0) is 21.4 Å². The van der Waals surface area contributed by atoms with Gasteiger partial charge in [-0.2, -0.15) is 0 Å². The lowest BCUT2D eigenvalue weighted by Gasteiger charge is -2.07. The predicted octanol–water partition coefficient (Wildman–Crippen LogP) is 0.753. The number of rotatable bonds is 7. The summed E-state index contributed by atoms with van der Waals surface area (Å²) in [6.45, 7) is 1.37. The van der Waals surface area contributed by atoms with E-state index in [9.17, 15) is 8.42 Å². The normalized spacial score (nSPS) is 11.0. The smallest absolute Gasteiger partial charge is 0.240 e. The van der Waals surface area contributed by atoms with E-state index in [0.29, 0.717) is 19.7 Å². The Hall–Kier alpha value is -0.660. The molecule has 0 saturated heterocycles. The second kappa shape index (κ2) is 8.44. The largest absolute Gasteiger partial charge is 0.380 e. The van der Waals surface area contributed by atoms with Crippen molar-refractivity contribution in [1.82, 2.24) is 10.0 Å². The molecule has 1 aromatic carbocycles. The Labute approximate surface area is 114 Å². The first-order chi connectivity index (χ1) is 8.10. The molecule has 7 heteroatoms. The predicted molar refractivity (Wildman–Crippen MR) is 73.5 cm³/mol. The van der Waals surface area contributed by atoms with Crippen molar-refractivity contribution in [2.45, 2.75) is 11.5 Å². The fraction of sp³-hybridized carbons (Fsp3) is 0.455. The molecule has 1 aromatic rings. The number of ether oxygens (including phenoxy) is 1. The van der Waals surface area contributed by atoms with Crippen molar-refractivity contribution in [3.05, 3.63) is 29.8 Å². The SMILES string of the molecule is CNCCNS(=O)(=O)c1cccc(COC)c1.Cl. The van der Waals surface area contributed by atoms with Gasteiger partial charge >= 0.3 is 0 Å². The van der Waals surface area contributed by atoms with Crippen molar-refractivity contribution in [3.8, 4) is 0 Å². The molecule has 104 valence electrons. The third-order valence-corrected chi connectivity index (χ3v) is 3.65. The van der Waals surface area contributed by atoms with E-state index >= 15 is 0 Å². The molecule has 0 saturated carbocycles. The van der Waals surface area contributed by atoms with E-state index in [2.05, 4.69) is 10.0 Å².